The maximum absolute atomic E-state index is 14.0. The van der Waals surface area contributed by atoms with Crippen LogP contribution in [-0.2, 0) is 16.0 Å². The zero-order valence-electron chi connectivity index (χ0n) is 18.8. The van der Waals surface area contributed by atoms with Crippen molar-refractivity contribution >= 4 is 11.8 Å². The molecule has 1 aromatic carbocycles. The van der Waals surface area contributed by atoms with E-state index >= 15 is 0 Å². The number of carbonyl (C=O) groups excluding carboxylic acids is 2. The first-order valence-corrected chi connectivity index (χ1v) is 10.8. The number of aromatic nitrogens is 2. The molecule has 34 heavy (non-hydrogen) atoms. The number of halogens is 1. The molecule has 2 amide bonds. The number of nitrogens with one attached hydrogen (secondary N) is 2. The maximum Gasteiger partial charge on any atom is 0.251 e. The van der Waals surface area contributed by atoms with Gasteiger partial charge in [0.15, 0.2) is 6.17 Å². The van der Waals surface area contributed by atoms with Crippen LogP contribution in [0, 0.1) is 0 Å². The third-order valence-electron chi connectivity index (χ3n) is 5.49. The molecule has 1 saturated heterocycles. The molecule has 1 aliphatic rings. The highest BCUT2D eigenvalue weighted by molar-refractivity contribution is 5.96. The summed E-state index contributed by atoms with van der Waals surface area (Å²) in [5.41, 5.74) is 7.59. The molecule has 2 aromatic rings. The van der Waals surface area contributed by atoms with E-state index in [0.29, 0.717) is 17.5 Å². The fourth-order valence-electron chi connectivity index (χ4n) is 3.60. The van der Waals surface area contributed by atoms with E-state index in [-0.39, 0.29) is 18.3 Å². The minimum Gasteiger partial charge on any atom is -0.443 e. The van der Waals surface area contributed by atoms with E-state index in [9.17, 15) is 29.3 Å². The van der Waals surface area contributed by atoms with E-state index in [0.717, 1.165) is 11.3 Å². The van der Waals surface area contributed by atoms with Gasteiger partial charge in [-0.1, -0.05) is 26.0 Å². The molecule has 0 spiro atoms. The molecule has 186 valence electrons. The van der Waals surface area contributed by atoms with Gasteiger partial charge in [-0.05, 0) is 23.6 Å². The highest BCUT2D eigenvalue weighted by Crippen LogP contribution is 2.31. The standard InChI is InChI=1S/C22H29FN4O7/c1-10(2)17-13(7-11-3-5-12(6-4-11)20(32)25-8-15(24)29)21(27-26-17)34-22-19(31)18(30)16(23)14(9-28)33-22/h3-6,10,14,16,18-19,22,28,30-31H,7-9H2,1-2H3,(H2,24,29)(H,25,32)(H,26,27)/t14-,16-,18+,19?,22+/m1/s1. The number of ether oxygens (including phenoxy) is 2. The summed E-state index contributed by atoms with van der Waals surface area (Å²) in [6, 6.07) is 6.65. The Kier molecular flexibility index (Phi) is 8.20. The number of alkyl halides is 1. The third kappa shape index (κ3) is 5.70. The molecule has 0 saturated carbocycles. The molecular weight excluding hydrogens is 451 g/mol. The fourth-order valence-corrected chi connectivity index (χ4v) is 3.60. The SMILES string of the molecule is CC(C)c1[nH]nc(O[C@@H]2O[C@H](CO)[C@@H](F)[C@H](O)C2O)c1Cc1ccc(C(=O)NCC(N)=O)cc1. The zero-order valence-corrected chi connectivity index (χ0v) is 18.8. The van der Waals surface area contributed by atoms with Crippen molar-refractivity contribution in [3.05, 3.63) is 46.6 Å². The zero-order chi connectivity index (χ0) is 25.0. The Labute approximate surface area is 195 Å². The Morgan fingerprint density at radius 3 is 2.53 bits per heavy atom. The summed E-state index contributed by atoms with van der Waals surface area (Å²) in [7, 11) is 0. The van der Waals surface area contributed by atoms with Crippen molar-refractivity contribution < 1.29 is 38.8 Å². The highest BCUT2D eigenvalue weighted by atomic mass is 19.1. The number of amides is 2. The van der Waals surface area contributed by atoms with Crippen LogP contribution in [0.4, 0.5) is 4.39 Å². The van der Waals surface area contributed by atoms with Gasteiger partial charge in [0.05, 0.1) is 13.2 Å². The number of aliphatic hydroxyl groups is 3. The normalized spacial score (nSPS) is 24.7. The van der Waals surface area contributed by atoms with Crippen LogP contribution in [0.5, 0.6) is 5.88 Å². The van der Waals surface area contributed by atoms with Crippen molar-refractivity contribution in [3.63, 3.8) is 0 Å². The van der Waals surface area contributed by atoms with Gasteiger partial charge in [0.2, 0.25) is 18.1 Å². The van der Waals surface area contributed by atoms with E-state index in [4.69, 9.17) is 15.2 Å². The molecule has 1 aromatic heterocycles. The number of benzene rings is 1. The number of hydrogen-bond acceptors (Lipinski definition) is 8. The highest BCUT2D eigenvalue weighted by Gasteiger charge is 2.46. The van der Waals surface area contributed by atoms with Gasteiger partial charge in [0, 0.05) is 23.2 Å². The van der Waals surface area contributed by atoms with E-state index in [1.54, 1.807) is 24.3 Å². The summed E-state index contributed by atoms with van der Waals surface area (Å²) in [6.45, 7) is 2.92. The van der Waals surface area contributed by atoms with Gasteiger partial charge in [0.1, 0.15) is 18.3 Å². The summed E-state index contributed by atoms with van der Waals surface area (Å²) in [4.78, 5) is 22.9. The molecule has 1 aliphatic heterocycles. The summed E-state index contributed by atoms with van der Waals surface area (Å²) < 4.78 is 25.0. The summed E-state index contributed by atoms with van der Waals surface area (Å²) in [5.74, 6) is -0.961. The Hall–Kier alpha value is -3.06. The van der Waals surface area contributed by atoms with Crippen LogP contribution < -0.4 is 15.8 Å². The lowest BCUT2D eigenvalue weighted by atomic mass is 9.98. The van der Waals surface area contributed by atoms with Crippen molar-refractivity contribution in [1.82, 2.24) is 15.5 Å². The predicted octanol–water partition coefficient (Wildman–Crippen LogP) is -0.505. The van der Waals surface area contributed by atoms with Crippen molar-refractivity contribution in [2.24, 2.45) is 5.73 Å². The Bertz CT molecular complexity index is 996. The van der Waals surface area contributed by atoms with Crippen LogP contribution in [-0.4, -0.2) is 81.3 Å². The molecule has 12 heteroatoms. The lowest BCUT2D eigenvalue weighted by molar-refractivity contribution is -0.265. The van der Waals surface area contributed by atoms with Gasteiger partial charge in [-0.25, -0.2) is 4.39 Å². The minimum absolute atomic E-state index is 0.0295. The topological polar surface area (TPSA) is 180 Å². The number of rotatable bonds is 9. The third-order valence-corrected chi connectivity index (χ3v) is 5.49. The van der Waals surface area contributed by atoms with Crippen LogP contribution in [0.3, 0.4) is 0 Å². The van der Waals surface area contributed by atoms with Gasteiger partial charge in [-0.2, -0.15) is 0 Å². The maximum atomic E-state index is 14.0. The van der Waals surface area contributed by atoms with Gasteiger partial charge in [-0.15, -0.1) is 5.10 Å². The first-order valence-electron chi connectivity index (χ1n) is 10.8. The monoisotopic (exact) mass is 480 g/mol. The number of carbonyl (C=O) groups is 2. The summed E-state index contributed by atoms with van der Waals surface area (Å²) in [5, 5.41) is 38.9. The number of aromatic amines is 1. The van der Waals surface area contributed by atoms with E-state index in [2.05, 4.69) is 15.5 Å². The molecule has 7 N–H and O–H groups in total. The second kappa shape index (κ2) is 10.9. The Morgan fingerprint density at radius 2 is 1.94 bits per heavy atom. The number of nitrogens with two attached hydrogens (primary N) is 1. The average molecular weight is 480 g/mol. The molecule has 1 unspecified atom stereocenters. The smallest absolute Gasteiger partial charge is 0.251 e. The number of H-pyrrole nitrogens is 1. The van der Waals surface area contributed by atoms with Crippen molar-refractivity contribution in [2.75, 3.05) is 13.2 Å². The number of hydrogen-bond donors (Lipinski definition) is 6. The number of aliphatic hydroxyl groups excluding tert-OH is 3. The molecule has 2 heterocycles. The van der Waals surface area contributed by atoms with Crippen LogP contribution in [0.1, 0.15) is 46.9 Å². The lowest BCUT2D eigenvalue weighted by Gasteiger charge is -2.38. The Morgan fingerprint density at radius 1 is 1.26 bits per heavy atom. The fraction of sp³-hybridized carbons (Fsp3) is 0.500. The molecule has 0 bridgehead atoms. The van der Waals surface area contributed by atoms with Crippen LogP contribution >= 0.6 is 0 Å². The van der Waals surface area contributed by atoms with Crippen molar-refractivity contribution in [1.29, 1.82) is 0 Å². The van der Waals surface area contributed by atoms with Gasteiger partial charge in [-0.3, -0.25) is 14.7 Å². The van der Waals surface area contributed by atoms with Gasteiger partial charge in [0.25, 0.3) is 5.91 Å². The van der Waals surface area contributed by atoms with E-state index < -0.39 is 49.2 Å². The van der Waals surface area contributed by atoms with Crippen LogP contribution in [0.15, 0.2) is 24.3 Å². The average Bonchev–Trinajstić information content (AvgIpc) is 3.20. The van der Waals surface area contributed by atoms with E-state index in [1.165, 1.54) is 0 Å². The van der Waals surface area contributed by atoms with Crippen molar-refractivity contribution in [3.8, 4) is 5.88 Å². The largest absolute Gasteiger partial charge is 0.443 e. The molecular formula is C22H29FN4O7. The second-order valence-corrected chi connectivity index (χ2v) is 8.37. The molecule has 0 aliphatic carbocycles. The summed E-state index contributed by atoms with van der Waals surface area (Å²) >= 11 is 0. The van der Waals surface area contributed by atoms with Crippen LogP contribution in [0.2, 0.25) is 0 Å². The van der Waals surface area contributed by atoms with Gasteiger partial charge < -0.3 is 35.8 Å². The quantitative estimate of drug-likeness (QED) is 0.278. The number of primary amides is 1. The first kappa shape index (κ1) is 25.6. The number of nitrogens with zero attached hydrogens (tertiary/aromatic N) is 1. The molecule has 5 atom stereocenters. The van der Waals surface area contributed by atoms with E-state index in [1.807, 2.05) is 13.8 Å². The minimum atomic E-state index is -1.97. The molecule has 11 nitrogen and oxygen atoms in total. The van der Waals surface area contributed by atoms with Crippen LogP contribution in [0.25, 0.3) is 0 Å². The predicted molar refractivity (Wildman–Crippen MR) is 117 cm³/mol. The second-order valence-electron chi connectivity index (χ2n) is 8.37. The molecule has 1 fully saturated rings. The Balaban J connectivity index is 1.79. The first-order chi connectivity index (χ1) is 16.1. The molecule has 0 radical (unpaired) electrons. The summed E-state index contributed by atoms with van der Waals surface area (Å²) in [6.07, 6.45) is -7.92. The van der Waals surface area contributed by atoms with Crippen molar-refractivity contribution in [2.45, 2.75) is 57.0 Å². The lowest BCUT2D eigenvalue weighted by Crippen LogP contribution is -2.58. The molecule has 3 rings (SSSR count). The van der Waals surface area contributed by atoms with Gasteiger partial charge >= 0.3 is 0 Å².